The molecule has 1 aliphatic heterocycles. The minimum atomic E-state index is -1.16. The van der Waals surface area contributed by atoms with Crippen molar-refractivity contribution in [3.63, 3.8) is 0 Å². The quantitative estimate of drug-likeness (QED) is 0.203. The standard InChI is InChI=1S/C35H28F3N5O6/c1-47-31-17-42(35(46)48-2)16-30(31)43-29-12-20(34(44)45)8-9-28(29)40-32(43)13-22-11-26(38)23(14-25(22)37)27-4-3-5-33(41-27)49-18-21-7-6-19(15-39)10-24(21)36/h3-12,14,30-31H,13,16-18H2,1-2H3,(H,44,45)/t30-,31?/m1/s1. The highest BCUT2D eigenvalue weighted by atomic mass is 19.1. The number of hydrogen-bond donors (Lipinski definition) is 1. The van der Waals surface area contributed by atoms with Crippen LogP contribution in [0.25, 0.3) is 22.3 Å². The van der Waals surface area contributed by atoms with E-state index in [0.717, 1.165) is 18.2 Å². The van der Waals surface area contributed by atoms with E-state index in [-0.39, 0.29) is 65.5 Å². The smallest absolute Gasteiger partial charge is 0.409 e. The molecule has 14 heteroatoms. The summed E-state index contributed by atoms with van der Waals surface area (Å²) >= 11 is 0. The summed E-state index contributed by atoms with van der Waals surface area (Å²) in [5, 5.41) is 18.6. The molecule has 250 valence electrons. The number of halogens is 3. The lowest BCUT2D eigenvalue weighted by Gasteiger charge is -2.22. The van der Waals surface area contributed by atoms with Crippen LogP contribution in [-0.2, 0) is 22.5 Å². The Balaban J connectivity index is 1.31. The van der Waals surface area contributed by atoms with E-state index in [2.05, 4.69) is 9.97 Å². The highest BCUT2D eigenvalue weighted by Crippen LogP contribution is 2.33. The first kappa shape index (κ1) is 33.0. The molecule has 0 spiro atoms. The summed E-state index contributed by atoms with van der Waals surface area (Å²) in [4.78, 5) is 34.6. The van der Waals surface area contributed by atoms with Gasteiger partial charge < -0.3 is 28.8 Å². The van der Waals surface area contributed by atoms with E-state index in [1.54, 1.807) is 4.57 Å². The van der Waals surface area contributed by atoms with Crippen LogP contribution in [-0.4, -0.2) is 70.0 Å². The van der Waals surface area contributed by atoms with Crippen molar-refractivity contribution in [3.05, 3.63) is 112 Å². The number of carboxylic acid groups (broad SMARTS) is 1. The van der Waals surface area contributed by atoms with Crippen molar-refractivity contribution >= 4 is 23.1 Å². The molecule has 3 heterocycles. The highest BCUT2D eigenvalue weighted by molar-refractivity contribution is 5.92. The number of carbonyl (C=O) groups is 2. The minimum Gasteiger partial charge on any atom is -0.478 e. The average molecular weight is 672 g/mol. The van der Waals surface area contributed by atoms with Gasteiger partial charge in [0.05, 0.1) is 59.7 Å². The van der Waals surface area contributed by atoms with Gasteiger partial charge in [0.15, 0.2) is 0 Å². The molecule has 1 aliphatic rings. The topological polar surface area (TPSA) is 140 Å². The maximum atomic E-state index is 15.8. The summed E-state index contributed by atoms with van der Waals surface area (Å²) in [6, 6.07) is 16.2. The molecule has 1 fully saturated rings. The molecule has 5 aromatic rings. The molecule has 1 amide bonds. The monoisotopic (exact) mass is 671 g/mol. The zero-order chi connectivity index (χ0) is 34.8. The van der Waals surface area contributed by atoms with Crippen molar-refractivity contribution in [3.8, 4) is 23.2 Å². The van der Waals surface area contributed by atoms with E-state index in [1.807, 2.05) is 6.07 Å². The first-order valence-corrected chi connectivity index (χ1v) is 15.0. The zero-order valence-electron chi connectivity index (χ0n) is 26.2. The van der Waals surface area contributed by atoms with Gasteiger partial charge in [-0.1, -0.05) is 12.1 Å². The molecule has 11 nitrogen and oxygen atoms in total. The van der Waals surface area contributed by atoms with Gasteiger partial charge in [0.2, 0.25) is 5.88 Å². The van der Waals surface area contributed by atoms with Crippen LogP contribution < -0.4 is 4.74 Å². The van der Waals surface area contributed by atoms with E-state index < -0.39 is 41.7 Å². The van der Waals surface area contributed by atoms with E-state index in [0.29, 0.717) is 16.9 Å². The van der Waals surface area contributed by atoms with Gasteiger partial charge in [0, 0.05) is 37.3 Å². The number of imidazole rings is 1. The van der Waals surface area contributed by atoms with Crippen molar-refractivity contribution < 1.29 is 42.1 Å². The largest absolute Gasteiger partial charge is 0.478 e. The van der Waals surface area contributed by atoms with Crippen LogP contribution >= 0.6 is 0 Å². The van der Waals surface area contributed by atoms with Crippen molar-refractivity contribution in [2.45, 2.75) is 25.2 Å². The number of fused-ring (bicyclic) bond motifs is 1. The molecule has 49 heavy (non-hydrogen) atoms. The fourth-order valence-corrected chi connectivity index (χ4v) is 5.91. The number of carbonyl (C=O) groups excluding carboxylic acids is 1. The Morgan fingerprint density at radius 1 is 0.959 bits per heavy atom. The van der Waals surface area contributed by atoms with Gasteiger partial charge in [0.25, 0.3) is 0 Å². The summed E-state index contributed by atoms with van der Waals surface area (Å²) in [6.07, 6.45) is -1.30. The van der Waals surface area contributed by atoms with Crippen LogP contribution in [0.4, 0.5) is 18.0 Å². The van der Waals surface area contributed by atoms with Crippen LogP contribution in [0, 0.1) is 28.8 Å². The number of pyridine rings is 1. The van der Waals surface area contributed by atoms with Crippen LogP contribution in [0.5, 0.6) is 5.88 Å². The summed E-state index contributed by atoms with van der Waals surface area (Å²) in [6.45, 7) is 0.112. The van der Waals surface area contributed by atoms with Gasteiger partial charge in [-0.15, -0.1) is 0 Å². The number of ether oxygens (including phenoxy) is 3. The first-order valence-electron chi connectivity index (χ1n) is 15.0. The first-order chi connectivity index (χ1) is 23.6. The van der Waals surface area contributed by atoms with Crippen LogP contribution in [0.3, 0.4) is 0 Å². The molecule has 3 aromatic carbocycles. The molecule has 6 rings (SSSR count). The Morgan fingerprint density at radius 2 is 1.76 bits per heavy atom. The van der Waals surface area contributed by atoms with Gasteiger partial charge in [0.1, 0.15) is 29.9 Å². The summed E-state index contributed by atoms with van der Waals surface area (Å²) < 4.78 is 63.6. The maximum Gasteiger partial charge on any atom is 0.409 e. The zero-order valence-corrected chi connectivity index (χ0v) is 26.2. The van der Waals surface area contributed by atoms with Crippen molar-refractivity contribution in [1.82, 2.24) is 19.4 Å². The number of hydrogen-bond acceptors (Lipinski definition) is 8. The molecule has 0 aliphatic carbocycles. The normalized spacial score (nSPS) is 15.7. The fraction of sp³-hybridized carbons (Fsp3) is 0.229. The molecular weight excluding hydrogens is 643 g/mol. The molecule has 1 unspecified atom stereocenters. The fourth-order valence-electron chi connectivity index (χ4n) is 5.91. The Labute approximate surface area is 277 Å². The Kier molecular flexibility index (Phi) is 9.19. The SMILES string of the molecule is COC(=O)N1CC(OC)[C@H](n2c(Cc3cc(F)c(-c4cccc(OCc5ccc(C#N)cc5F)n4)cc3F)nc3ccc(C(=O)O)cc32)C1. The third-order valence-electron chi connectivity index (χ3n) is 8.36. The van der Waals surface area contributed by atoms with Gasteiger partial charge in [-0.2, -0.15) is 5.26 Å². The summed E-state index contributed by atoms with van der Waals surface area (Å²) in [5.74, 6) is -2.96. The molecule has 0 radical (unpaired) electrons. The van der Waals surface area contributed by atoms with Gasteiger partial charge in [-0.05, 0) is 54.1 Å². The van der Waals surface area contributed by atoms with Crippen LogP contribution in [0.2, 0.25) is 0 Å². The number of likely N-dealkylation sites (tertiary alicyclic amines) is 1. The third kappa shape index (κ3) is 6.61. The van der Waals surface area contributed by atoms with Crippen LogP contribution in [0.1, 0.15) is 38.9 Å². The van der Waals surface area contributed by atoms with Gasteiger partial charge >= 0.3 is 12.1 Å². The molecule has 2 aromatic heterocycles. The third-order valence-corrected chi connectivity index (χ3v) is 8.36. The molecule has 1 saturated heterocycles. The van der Waals surface area contributed by atoms with Crippen LogP contribution in [0.15, 0.2) is 66.7 Å². The second-order valence-electron chi connectivity index (χ2n) is 11.3. The number of nitriles is 1. The molecule has 0 saturated carbocycles. The van der Waals surface area contributed by atoms with E-state index >= 15 is 8.78 Å². The lowest BCUT2D eigenvalue weighted by molar-refractivity contribution is 0.0696. The maximum absolute atomic E-state index is 15.8. The number of benzene rings is 3. The predicted molar refractivity (Wildman–Crippen MR) is 168 cm³/mol. The Morgan fingerprint density at radius 3 is 2.47 bits per heavy atom. The summed E-state index contributed by atoms with van der Waals surface area (Å²) in [5.41, 5.74) is 1.10. The van der Waals surface area contributed by atoms with E-state index in [1.165, 1.54) is 67.7 Å². The van der Waals surface area contributed by atoms with E-state index in [9.17, 15) is 19.1 Å². The predicted octanol–water partition coefficient (Wildman–Crippen LogP) is 5.89. The number of nitrogens with zero attached hydrogens (tertiary/aromatic N) is 5. The van der Waals surface area contributed by atoms with Gasteiger partial charge in [-0.25, -0.2) is 32.7 Å². The average Bonchev–Trinajstić information content (AvgIpc) is 3.69. The lowest BCUT2D eigenvalue weighted by atomic mass is 10.0. The number of aromatic nitrogens is 3. The molecule has 1 N–H and O–H groups in total. The Hall–Kier alpha value is -5.94. The second-order valence-corrected chi connectivity index (χ2v) is 11.3. The lowest BCUT2D eigenvalue weighted by Crippen LogP contribution is -2.29. The van der Waals surface area contributed by atoms with Crippen molar-refractivity contribution in [2.24, 2.45) is 0 Å². The number of amides is 1. The number of rotatable bonds is 9. The minimum absolute atomic E-state index is 0.000635. The van der Waals surface area contributed by atoms with Gasteiger partial charge in [-0.3, -0.25) is 0 Å². The number of aromatic carboxylic acids is 1. The van der Waals surface area contributed by atoms with E-state index in [4.69, 9.17) is 19.5 Å². The number of carboxylic acids is 1. The highest BCUT2D eigenvalue weighted by Gasteiger charge is 2.39. The summed E-state index contributed by atoms with van der Waals surface area (Å²) in [7, 11) is 2.74. The molecule has 2 atom stereocenters. The number of methoxy groups -OCH3 is 2. The Bertz CT molecular complexity index is 2130. The van der Waals surface area contributed by atoms with Crippen molar-refractivity contribution in [1.29, 1.82) is 5.26 Å². The second kappa shape index (κ2) is 13.7. The molecular formula is C35H28F3N5O6. The molecule has 0 bridgehead atoms. The van der Waals surface area contributed by atoms with Crippen molar-refractivity contribution in [2.75, 3.05) is 27.3 Å².